The van der Waals surface area contributed by atoms with Crippen LogP contribution in [-0.4, -0.2) is 62.8 Å². The second-order valence-electron chi connectivity index (χ2n) is 7.89. The summed E-state index contributed by atoms with van der Waals surface area (Å²) in [6.45, 7) is 3.03. The minimum atomic E-state index is -0.233. The highest BCUT2D eigenvalue weighted by molar-refractivity contribution is 5.98. The topological polar surface area (TPSA) is 89.1 Å². The van der Waals surface area contributed by atoms with Gasteiger partial charge in [-0.25, -0.2) is 0 Å². The van der Waals surface area contributed by atoms with Crippen LogP contribution >= 0.6 is 0 Å². The number of para-hydroxylation sites is 3. The molecule has 8 heteroatoms. The molecule has 0 saturated carbocycles. The van der Waals surface area contributed by atoms with E-state index in [-0.39, 0.29) is 18.4 Å². The molecule has 3 aromatic rings. The molecule has 3 aromatic carbocycles. The summed E-state index contributed by atoms with van der Waals surface area (Å²) in [5, 5.41) is 5.96. The van der Waals surface area contributed by atoms with E-state index < -0.39 is 0 Å². The monoisotopic (exact) mass is 475 g/mol. The van der Waals surface area contributed by atoms with Gasteiger partial charge in [0.2, 0.25) is 5.91 Å². The summed E-state index contributed by atoms with van der Waals surface area (Å²) in [4.78, 5) is 27.0. The smallest absolute Gasteiger partial charge is 0.254 e. The van der Waals surface area contributed by atoms with Gasteiger partial charge >= 0.3 is 0 Å². The molecule has 0 spiro atoms. The number of nitrogens with zero attached hydrogens (tertiary/aromatic N) is 1. The molecule has 0 bridgehead atoms. The van der Waals surface area contributed by atoms with Crippen LogP contribution in [0, 0.1) is 0 Å². The summed E-state index contributed by atoms with van der Waals surface area (Å²) in [6, 6.07) is 23.9. The minimum Gasteiger partial charge on any atom is -0.490 e. The Kier molecular flexibility index (Phi) is 8.56. The van der Waals surface area contributed by atoms with E-state index in [0.717, 1.165) is 5.75 Å². The van der Waals surface area contributed by atoms with Crippen molar-refractivity contribution in [1.29, 1.82) is 0 Å². The summed E-state index contributed by atoms with van der Waals surface area (Å²) in [6.07, 6.45) is 0. The van der Waals surface area contributed by atoms with Gasteiger partial charge in [-0.3, -0.25) is 9.59 Å². The van der Waals surface area contributed by atoms with Crippen LogP contribution in [0.2, 0.25) is 0 Å². The SMILES string of the molecule is O=C(CNc1ccccc1OCCOc1ccccc1)Nc1cccc(C(=O)N2CCOCC2)c1. The average molecular weight is 476 g/mol. The maximum atomic E-state index is 12.7. The Morgan fingerprint density at radius 2 is 1.60 bits per heavy atom. The van der Waals surface area contributed by atoms with Crippen LogP contribution in [0.15, 0.2) is 78.9 Å². The van der Waals surface area contributed by atoms with Crippen LogP contribution in [0.4, 0.5) is 11.4 Å². The molecule has 1 aliphatic heterocycles. The van der Waals surface area contributed by atoms with Crippen molar-refractivity contribution < 1.29 is 23.8 Å². The van der Waals surface area contributed by atoms with Crippen molar-refractivity contribution in [2.24, 2.45) is 0 Å². The molecule has 8 nitrogen and oxygen atoms in total. The minimum absolute atomic E-state index is 0.0442. The molecule has 0 aromatic heterocycles. The maximum Gasteiger partial charge on any atom is 0.254 e. The maximum absolute atomic E-state index is 12.7. The van der Waals surface area contributed by atoms with Gasteiger partial charge in [0.05, 0.1) is 25.4 Å². The number of amides is 2. The average Bonchev–Trinajstić information content (AvgIpc) is 2.91. The Hall–Kier alpha value is -4.04. The summed E-state index contributed by atoms with van der Waals surface area (Å²) < 4.78 is 16.8. The van der Waals surface area contributed by atoms with Gasteiger partial charge in [0.25, 0.3) is 5.91 Å². The van der Waals surface area contributed by atoms with Crippen molar-refractivity contribution >= 4 is 23.2 Å². The van der Waals surface area contributed by atoms with E-state index in [1.54, 1.807) is 29.2 Å². The molecule has 1 fully saturated rings. The predicted molar refractivity (Wildman–Crippen MR) is 134 cm³/mol. The lowest BCUT2D eigenvalue weighted by atomic mass is 10.1. The zero-order chi connectivity index (χ0) is 24.3. The molecule has 2 N–H and O–H groups in total. The number of rotatable bonds is 10. The van der Waals surface area contributed by atoms with Gasteiger partial charge in [-0.2, -0.15) is 0 Å². The summed E-state index contributed by atoms with van der Waals surface area (Å²) in [7, 11) is 0. The van der Waals surface area contributed by atoms with Crippen LogP contribution < -0.4 is 20.1 Å². The molecule has 2 amide bonds. The van der Waals surface area contributed by atoms with Gasteiger partial charge in [-0.1, -0.05) is 36.4 Å². The third-order valence-electron chi connectivity index (χ3n) is 5.37. The molecule has 1 aliphatic rings. The molecule has 182 valence electrons. The molecule has 0 radical (unpaired) electrons. The first-order valence-corrected chi connectivity index (χ1v) is 11.6. The number of anilines is 2. The molecule has 0 unspecified atom stereocenters. The van der Waals surface area contributed by atoms with E-state index in [2.05, 4.69) is 10.6 Å². The van der Waals surface area contributed by atoms with Gasteiger partial charge in [-0.15, -0.1) is 0 Å². The zero-order valence-electron chi connectivity index (χ0n) is 19.4. The number of carbonyl (C=O) groups is 2. The first-order valence-electron chi connectivity index (χ1n) is 11.6. The number of hydrogen-bond donors (Lipinski definition) is 2. The standard InChI is InChI=1S/C27H29N3O5/c31-26(29-22-8-6-7-21(19-22)27(32)30-13-15-33-16-14-30)20-28-24-11-4-5-12-25(24)35-18-17-34-23-9-2-1-3-10-23/h1-12,19,28H,13-18,20H2,(H,29,31). The van der Waals surface area contributed by atoms with Crippen LogP contribution in [0.25, 0.3) is 0 Å². The first-order chi connectivity index (χ1) is 17.2. The van der Waals surface area contributed by atoms with Crippen LogP contribution in [0.5, 0.6) is 11.5 Å². The molecule has 4 rings (SSSR count). The highest BCUT2D eigenvalue weighted by Crippen LogP contribution is 2.23. The molecule has 0 atom stereocenters. The largest absolute Gasteiger partial charge is 0.490 e. The summed E-state index contributed by atoms with van der Waals surface area (Å²) in [5.74, 6) is 1.12. The van der Waals surface area contributed by atoms with E-state index in [0.29, 0.717) is 62.2 Å². The highest BCUT2D eigenvalue weighted by Gasteiger charge is 2.18. The van der Waals surface area contributed by atoms with Crippen molar-refractivity contribution in [3.05, 3.63) is 84.4 Å². The summed E-state index contributed by atoms with van der Waals surface area (Å²) in [5.41, 5.74) is 1.81. The number of carbonyl (C=O) groups excluding carboxylic acids is 2. The second kappa shape index (κ2) is 12.4. The molecule has 35 heavy (non-hydrogen) atoms. The molecule has 0 aliphatic carbocycles. The third kappa shape index (κ3) is 7.22. The Labute approximate surface area is 204 Å². The predicted octanol–water partition coefficient (Wildman–Crippen LogP) is 3.67. The zero-order valence-corrected chi connectivity index (χ0v) is 19.4. The third-order valence-corrected chi connectivity index (χ3v) is 5.37. The lowest BCUT2D eigenvalue weighted by molar-refractivity contribution is -0.114. The Morgan fingerprint density at radius 3 is 2.43 bits per heavy atom. The fourth-order valence-electron chi connectivity index (χ4n) is 3.63. The lowest BCUT2D eigenvalue weighted by Gasteiger charge is -2.27. The van der Waals surface area contributed by atoms with E-state index in [1.807, 2.05) is 54.6 Å². The van der Waals surface area contributed by atoms with Gasteiger partial charge in [0.1, 0.15) is 24.7 Å². The number of benzene rings is 3. The van der Waals surface area contributed by atoms with Crippen molar-refractivity contribution in [3.63, 3.8) is 0 Å². The van der Waals surface area contributed by atoms with Crippen LogP contribution in [0.1, 0.15) is 10.4 Å². The number of morpholine rings is 1. The number of nitrogens with one attached hydrogen (secondary N) is 2. The quantitative estimate of drug-likeness (QED) is 0.435. The van der Waals surface area contributed by atoms with E-state index >= 15 is 0 Å². The van der Waals surface area contributed by atoms with Crippen molar-refractivity contribution in [2.45, 2.75) is 0 Å². The van der Waals surface area contributed by atoms with Crippen LogP contribution in [0.3, 0.4) is 0 Å². The van der Waals surface area contributed by atoms with Crippen molar-refractivity contribution in [1.82, 2.24) is 4.90 Å². The van der Waals surface area contributed by atoms with Gasteiger partial charge in [0, 0.05) is 24.3 Å². The van der Waals surface area contributed by atoms with E-state index in [4.69, 9.17) is 14.2 Å². The first kappa shape index (κ1) is 24.1. The molecule has 1 saturated heterocycles. The van der Waals surface area contributed by atoms with Gasteiger partial charge in [0.15, 0.2) is 0 Å². The fraction of sp³-hybridized carbons (Fsp3) is 0.259. The second-order valence-corrected chi connectivity index (χ2v) is 7.89. The van der Waals surface area contributed by atoms with E-state index in [9.17, 15) is 9.59 Å². The van der Waals surface area contributed by atoms with Crippen molar-refractivity contribution in [2.75, 3.05) is 56.7 Å². The lowest BCUT2D eigenvalue weighted by Crippen LogP contribution is -2.40. The molecule has 1 heterocycles. The van der Waals surface area contributed by atoms with Crippen LogP contribution in [-0.2, 0) is 9.53 Å². The number of ether oxygens (including phenoxy) is 3. The molecular formula is C27H29N3O5. The Bertz CT molecular complexity index is 1120. The van der Waals surface area contributed by atoms with E-state index in [1.165, 1.54) is 0 Å². The molecular weight excluding hydrogens is 446 g/mol. The van der Waals surface area contributed by atoms with Crippen molar-refractivity contribution in [3.8, 4) is 11.5 Å². The Morgan fingerprint density at radius 1 is 0.857 bits per heavy atom. The fourth-order valence-corrected chi connectivity index (χ4v) is 3.63. The highest BCUT2D eigenvalue weighted by atomic mass is 16.5. The van der Waals surface area contributed by atoms with Gasteiger partial charge in [-0.05, 0) is 42.5 Å². The normalized spacial score (nSPS) is 13.1. The number of hydrogen-bond acceptors (Lipinski definition) is 6. The van der Waals surface area contributed by atoms with Gasteiger partial charge < -0.3 is 29.7 Å². The Balaban J connectivity index is 1.26. The summed E-state index contributed by atoms with van der Waals surface area (Å²) >= 11 is 0.